The van der Waals surface area contributed by atoms with Gasteiger partial charge in [0.15, 0.2) is 11.4 Å². The van der Waals surface area contributed by atoms with E-state index < -0.39 is 5.82 Å². The second kappa shape index (κ2) is 6.68. The standard InChI is InChI=1S/C25H20FNO2/c26-20-9-4-8-19-22(28)21(23(29-24(19)20)17-6-2-1-3-7-17)16-10-12-18(13-11-16)25(27)14-5-15-25/h1-4,6-13H,5,14-15,27H2. The zero-order valence-corrected chi connectivity index (χ0v) is 15.8. The van der Waals surface area contributed by atoms with Crippen LogP contribution in [0.4, 0.5) is 4.39 Å². The Morgan fingerprint density at radius 3 is 2.24 bits per heavy atom. The molecule has 0 atom stereocenters. The van der Waals surface area contributed by atoms with Gasteiger partial charge in [0.2, 0.25) is 5.43 Å². The molecule has 0 bridgehead atoms. The molecule has 0 unspecified atom stereocenters. The number of hydrogen-bond donors (Lipinski definition) is 1. The van der Waals surface area contributed by atoms with Crippen molar-refractivity contribution >= 4 is 11.0 Å². The Morgan fingerprint density at radius 1 is 0.862 bits per heavy atom. The number of halogens is 1. The first kappa shape index (κ1) is 17.8. The van der Waals surface area contributed by atoms with E-state index in [1.807, 2.05) is 54.6 Å². The quantitative estimate of drug-likeness (QED) is 0.499. The topological polar surface area (TPSA) is 56.2 Å². The molecule has 0 aliphatic heterocycles. The van der Waals surface area contributed by atoms with Gasteiger partial charge >= 0.3 is 0 Å². The molecule has 0 saturated heterocycles. The minimum absolute atomic E-state index is 0.0212. The van der Waals surface area contributed by atoms with Crippen molar-refractivity contribution in [1.82, 2.24) is 0 Å². The van der Waals surface area contributed by atoms with Crippen molar-refractivity contribution in [2.24, 2.45) is 5.73 Å². The molecular weight excluding hydrogens is 365 g/mol. The van der Waals surface area contributed by atoms with Gasteiger partial charge in [-0.2, -0.15) is 0 Å². The Kier molecular flexibility index (Phi) is 4.10. The summed E-state index contributed by atoms with van der Waals surface area (Å²) in [7, 11) is 0. The smallest absolute Gasteiger partial charge is 0.201 e. The molecule has 1 aliphatic rings. The molecule has 144 valence electrons. The van der Waals surface area contributed by atoms with E-state index in [0.29, 0.717) is 11.3 Å². The first-order valence-electron chi connectivity index (χ1n) is 9.77. The van der Waals surface area contributed by atoms with Crippen LogP contribution in [-0.4, -0.2) is 0 Å². The van der Waals surface area contributed by atoms with Crippen molar-refractivity contribution in [2.75, 3.05) is 0 Å². The van der Waals surface area contributed by atoms with Crippen molar-refractivity contribution < 1.29 is 8.81 Å². The van der Waals surface area contributed by atoms with Crippen LogP contribution in [0.2, 0.25) is 0 Å². The summed E-state index contributed by atoms with van der Waals surface area (Å²) in [6.07, 6.45) is 3.08. The first-order valence-corrected chi connectivity index (χ1v) is 9.77. The average Bonchev–Trinajstić information content (AvgIpc) is 2.73. The van der Waals surface area contributed by atoms with E-state index in [1.165, 1.54) is 12.1 Å². The van der Waals surface area contributed by atoms with Crippen LogP contribution >= 0.6 is 0 Å². The fourth-order valence-corrected chi connectivity index (χ4v) is 4.05. The van der Waals surface area contributed by atoms with Gasteiger partial charge in [0, 0.05) is 11.1 Å². The summed E-state index contributed by atoms with van der Waals surface area (Å²) < 4.78 is 20.4. The predicted molar refractivity (Wildman–Crippen MR) is 113 cm³/mol. The number of nitrogens with two attached hydrogens (primary N) is 1. The van der Waals surface area contributed by atoms with Crippen LogP contribution < -0.4 is 11.2 Å². The first-order chi connectivity index (χ1) is 14.1. The lowest BCUT2D eigenvalue weighted by atomic mass is 9.72. The summed E-state index contributed by atoms with van der Waals surface area (Å²) in [4.78, 5) is 13.4. The highest BCUT2D eigenvalue weighted by Gasteiger charge is 2.34. The summed E-state index contributed by atoms with van der Waals surface area (Å²) in [5.41, 5.74) is 8.86. The van der Waals surface area contributed by atoms with Crippen molar-refractivity contribution in [1.29, 1.82) is 0 Å². The maximum Gasteiger partial charge on any atom is 0.201 e. The highest BCUT2D eigenvalue weighted by atomic mass is 19.1. The van der Waals surface area contributed by atoms with Crippen LogP contribution in [0.1, 0.15) is 24.8 Å². The van der Waals surface area contributed by atoms with Crippen LogP contribution in [0.5, 0.6) is 0 Å². The van der Waals surface area contributed by atoms with E-state index in [-0.39, 0.29) is 21.9 Å². The maximum atomic E-state index is 14.4. The van der Waals surface area contributed by atoms with Crippen molar-refractivity contribution in [3.8, 4) is 22.5 Å². The molecule has 0 spiro atoms. The van der Waals surface area contributed by atoms with E-state index in [2.05, 4.69) is 0 Å². The lowest BCUT2D eigenvalue weighted by molar-refractivity contribution is 0.253. The Labute approximate surface area is 167 Å². The third kappa shape index (κ3) is 2.88. The zero-order chi connectivity index (χ0) is 20.0. The molecule has 1 aliphatic carbocycles. The Hall–Kier alpha value is -3.24. The summed E-state index contributed by atoms with van der Waals surface area (Å²) in [5.74, 6) is -0.180. The van der Waals surface area contributed by atoms with Gasteiger partial charge in [0.05, 0.1) is 10.9 Å². The summed E-state index contributed by atoms with van der Waals surface area (Å²) >= 11 is 0. The SMILES string of the molecule is NC1(c2ccc(-c3c(-c4ccccc4)oc4c(F)cccc4c3=O)cc2)CCC1. The van der Waals surface area contributed by atoms with E-state index >= 15 is 0 Å². The lowest BCUT2D eigenvalue weighted by Gasteiger charge is -2.38. The van der Waals surface area contributed by atoms with Gasteiger partial charge < -0.3 is 10.2 Å². The van der Waals surface area contributed by atoms with Gasteiger partial charge in [-0.3, -0.25) is 4.79 Å². The molecule has 1 aromatic heterocycles. The Bertz CT molecular complexity index is 1260. The van der Waals surface area contributed by atoms with Gasteiger partial charge in [-0.25, -0.2) is 4.39 Å². The number of benzene rings is 3. The van der Waals surface area contributed by atoms with Gasteiger partial charge in [-0.1, -0.05) is 60.7 Å². The molecule has 1 fully saturated rings. The Balaban J connectivity index is 1.76. The van der Waals surface area contributed by atoms with Crippen LogP contribution in [0.25, 0.3) is 33.4 Å². The normalized spacial score (nSPS) is 15.2. The monoisotopic (exact) mass is 385 g/mol. The Morgan fingerprint density at radius 2 is 1.59 bits per heavy atom. The minimum Gasteiger partial charge on any atom is -0.452 e. The molecule has 5 rings (SSSR count). The highest BCUT2D eigenvalue weighted by Crippen LogP contribution is 2.40. The average molecular weight is 385 g/mol. The second-order valence-corrected chi connectivity index (χ2v) is 7.70. The van der Waals surface area contributed by atoms with Gasteiger partial charge in [0.25, 0.3) is 0 Å². The fraction of sp³-hybridized carbons (Fsp3) is 0.160. The number of para-hydroxylation sites is 1. The number of hydrogen-bond acceptors (Lipinski definition) is 3. The summed E-state index contributed by atoms with van der Waals surface area (Å²) in [6, 6.07) is 21.5. The van der Waals surface area contributed by atoms with Crippen LogP contribution in [0.15, 0.2) is 82.0 Å². The molecule has 3 nitrogen and oxygen atoms in total. The van der Waals surface area contributed by atoms with Crippen molar-refractivity contribution in [3.63, 3.8) is 0 Å². The molecule has 0 amide bonds. The number of rotatable bonds is 3. The van der Waals surface area contributed by atoms with Crippen LogP contribution in [-0.2, 0) is 5.54 Å². The summed E-state index contributed by atoms with van der Waals surface area (Å²) in [5, 5.41) is 0.234. The van der Waals surface area contributed by atoms with Crippen molar-refractivity contribution in [3.05, 3.63) is 94.4 Å². The third-order valence-electron chi connectivity index (χ3n) is 5.90. The van der Waals surface area contributed by atoms with Gasteiger partial charge in [-0.05, 0) is 42.5 Å². The predicted octanol–water partition coefficient (Wildman–Crippen LogP) is 5.60. The molecule has 4 heteroatoms. The van der Waals surface area contributed by atoms with Crippen molar-refractivity contribution in [2.45, 2.75) is 24.8 Å². The number of fused-ring (bicyclic) bond motifs is 1. The fourth-order valence-electron chi connectivity index (χ4n) is 4.05. The third-order valence-corrected chi connectivity index (χ3v) is 5.90. The largest absolute Gasteiger partial charge is 0.452 e. The second-order valence-electron chi connectivity index (χ2n) is 7.70. The van der Waals surface area contributed by atoms with Crippen LogP contribution in [0.3, 0.4) is 0 Å². The summed E-state index contributed by atoms with van der Waals surface area (Å²) in [6.45, 7) is 0. The van der Waals surface area contributed by atoms with Crippen LogP contribution in [0, 0.1) is 5.82 Å². The molecule has 2 N–H and O–H groups in total. The van der Waals surface area contributed by atoms with E-state index in [9.17, 15) is 9.18 Å². The van der Waals surface area contributed by atoms with Gasteiger partial charge in [0.1, 0.15) is 5.76 Å². The molecule has 29 heavy (non-hydrogen) atoms. The molecule has 4 aromatic rings. The van der Waals surface area contributed by atoms with E-state index in [4.69, 9.17) is 10.2 Å². The lowest BCUT2D eigenvalue weighted by Crippen LogP contribution is -2.43. The molecule has 1 heterocycles. The zero-order valence-electron chi connectivity index (χ0n) is 15.8. The molecule has 1 saturated carbocycles. The molecular formula is C25H20FNO2. The highest BCUT2D eigenvalue weighted by molar-refractivity contribution is 5.89. The molecule has 3 aromatic carbocycles. The van der Waals surface area contributed by atoms with E-state index in [0.717, 1.165) is 36.0 Å². The van der Waals surface area contributed by atoms with Gasteiger partial charge in [-0.15, -0.1) is 0 Å². The van der Waals surface area contributed by atoms with E-state index in [1.54, 1.807) is 6.07 Å². The molecule has 0 radical (unpaired) electrons. The minimum atomic E-state index is -0.547. The maximum absolute atomic E-state index is 14.4.